The van der Waals surface area contributed by atoms with Crippen LogP contribution in [0.1, 0.15) is 72.1 Å². The van der Waals surface area contributed by atoms with Gasteiger partial charge in [0.05, 0.1) is 98.6 Å². The zero-order chi connectivity index (χ0) is 38.2. The van der Waals surface area contributed by atoms with E-state index in [0.717, 1.165) is 38.5 Å². The molecule has 3 saturated carbocycles. The van der Waals surface area contributed by atoms with E-state index in [9.17, 15) is 17.8 Å². The SMILES string of the molecule is CC(C(=O)NCCOCCOCCOCCOCCOCCOCCOCCN)[C@H]1CC[C@H]2[C@@H]3CC=C4C[C@@H](OS(=O)(=O)O)CC[C@]4(C)[C@H]3CC[C@]12C. The van der Waals surface area contributed by atoms with Crippen LogP contribution in [0.3, 0.4) is 0 Å². The van der Waals surface area contributed by atoms with E-state index in [4.69, 9.17) is 43.1 Å². The summed E-state index contributed by atoms with van der Waals surface area (Å²) in [5.41, 5.74) is 6.80. The average molecular weight is 777 g/mol. The van der Waals surface area contributed by atoms with E-state index in [2.05, 4.69) is 32.2 Å². The second-order valence-electron chi connectivity index (χ2n) is 15.5. The summed E-state index contributed by atoms with van der Waals surface area (Å²) in [6, 6.07) is 0. The van der Waals surface area contributed by atoms with Crippen LogP contribution >= 0.6 is 0 Å². The number of nitrogens with one attached hydrogen (secondary N) is 1. The topological polar surface area (TPSA) is 183 Å². The maximum atomic E-state index is 13.3. The zero-order valence-corrected chi connectivity index (χ0v) is 33.3. The van der Waals surface area contributed by atoms with Gasteiger partial charge in [0.15, 0.2) is 0 Å². The van der Waals surface area contributed by atoms with E-state index in [0.29, 0.717) is 142 Å². The molecule has 4 N–H and O–H groups in total. The molecular weight excluding hydrogens is 708 g/mol. The second kappa shape index (κ2) is 22.5. The highest BCUT2D eigenvalue weighted by Gasteiger charge is 2.59. The molecule has 3 fully saturated rings. The zero-order valence-electron chi connectivity index (χ0n) is 32.4. The quantitative estimate of drug-likeness (QED) is 0.0626. The van der Waals surface area contributed by atoms with Crippen molar-refractivity contribution in [2.24, 2.45) is 46.2 Å². The van der Waals surface area contributed by atoms with Crippen LogP contribution < -0.4 is 11.1 Å². The molecule has 15 heteroatoms. The third kappa shape index (κ3) is 13.4. The fourth-order valence-corrected chi connectivity index (χ4v) is 10.3. The van der Waals surface area contributed by atoms with Crippen molar-refractivity contribution in [3.05, 3.63) is 11.6 Å². The van der Waals surface area contributed by atoms with Crippen molar-refractivity contribution < 1.29 is 55.1 Å². The Labute approximate surface area is 317 Å². The first-order chi connectivity index (χ1) is 25.5. The third-order valence-corrected chi connectivity index (χ3v) is 13.0. The summed E-state index contributed by atoms with van der Waals surface area (Å²) < 4.78 is 75.2. The van der Waals surface area contributed by atoms with Crippen molar-refractivity contribution >= 4 is 16.3 Å². The number of hydrogen-bond acceptors (Lipinski definition) is 12. The number of hydrogen-bond donors (Lipinski definition) is 3. The monoisotopic (exact) mass is 776 g/mol. The van der Waals surface area contributed by atoms with Crippen LogP contribution in [-0.4, -0.2) is 131 Å². The van der Waals surface area contributed by atoms with Crippen molar-refractivity contribution in [1.29, 1.82) is 0 Å². The summed E-state index contributed by atoms with van der Waals surface area (Å²) in [6.45, 7) is 14.8. The van der Waals surface area contributed by atoms with Crippen LogP contribution in [0.5, 0.6) is 0 Å². The fourth-order valence-electron chi connectivity index (χ4n) is 9.84. The Kier molecular flexibility index (Phi) is 18.9. The van der Waals surface area contributed by atoms with Gasteiger partial charge < -0.3 is 44.2 Å². The number of ether oxygens (including phenoxy) is 7. The molecule has 0 aromatic carbocycles. The van der Waals surface area contributed by atoms with Gasteiger partial charge in [0.1, 0.15) is 0 Å². The lowest BCUT2D eigenvalue weighted by Gasteiger charge is -2.58. The van der Waals surface area contributed by atoms with Gasteiger partial charge in [-0.15, -0.1) is 0 Å². The highest BCUT2D eigenvalue weighted by Crippen LogP contribution is 2.67. The van der Waals surface area contributed by atoms with Gasteiger partial charge in [-0.3, -0.25) is 9.35 Å². The number of amides is 1. The number of allylic oxidation sites excluding steroid dienone is 1. The summed E-state index contributed by atoms with van der Waals surface area (Å²) in [5.74, 6) is 2.08. The molecule has 0 spiro atoms. The highest BCUT2D eigenvalue weighted by atomic mass is 32.3. The van der Waals surface area contributed by atoms with E-state index in [1.54, 1.807) is 0 Å². The Balaban J connectivity index is 1.000. The summed E-state index contributed by atoms with van der Waals surface area (Å²) in [7, 11) is -4.45. The Hall–Kier alpha value is -1.24. The first kappa shape index (κ1) is 44.5. The molecule has 1 unspecified atom stereocenters. The minimum atomic E-state index is -4.45. The summed E-state index contributed by atoms with van der Waals surface area (Å²) in [4.78, 5) is 13.3. The third-order valence-electron chi connectivity index (χ3n) is 12.4. The van der Waals surface area contributed by atoms with E-state index < -0.39 is 16.5 Å². The lowest BCUT2D eigenvalue weighted by molar-refractivity contribution is -0.129. The summed E-state index contributed by atoms with van der Waals surface area (Å²) >= 11 is 0. The van der Waals surface area contributed by atoms with Crippen LogP contribution in [-0.2, 0) is 52.5 Å². The molecular formula is C38H68N2O12S. The maximum absolute atomic E-state index is 13.3. The molecule has 308 valence electrons. The first-order valence-corrected chi connectivity index (χ1v) is 21.2. The number of carbonyl (C=O) groups is 1. The molecule has 1 amide bonds. The number of fused-ring (bicyclic) bond motifs is 5. The largest absolute Gasteiger partial charge is 0.397 e. The smallest absolute Gasteiger partial charge is 0.378 e. The molecule has 53 heavy (non-hydrogen) atoms. The van der Waals surface area contributed by atoms with E-state index in [-0.39, 0.29) is 22.7 Å². The minimum absolute atomic E-state index is 0.0355. The minimum Gasteiger partial charge on any atom is -0.378 e. The molecule has 4 aliphatic carbocycles. The van der Waals surface area contributed by atoms with Gasteiger partial charge in [0.25, 0.3) is 0 Å². The van der Waals surface area contributed by atoms with Crippen molar-refractivity contribution in [1.82, 2.24) is 5.32 Å². The number of rotatable bonds is 27. The van der Waals surface area contributed by atoms with E-state index >= 15 is 0 Å². The van der Waals surface area contributed by atoms with Gasteiger partial charge in [-0.2, -0.15) is 8.42 Å². The predicted octanol–water partition coefficient (Wildman–Crippen LogP) is 3.58. The Morgan fingerprint density at radius 1 is 0.792 bits per heavy atom. The van der Waals surface area contributed by atoms with Gasteiger partial charge in [-0.05, 0) is 85.9 Å². The van der Waals surface area contributed by atoms with Gasteiger partial charge in [-0.25, -0.2) is 4.18 Å². The van der Waals surface area contributed by atoms with Crippen LogP contribution in [0.15, 0.2) is 11.6 Å². The van der Waals surface area contributed by atoms with Crippen LogP contribution in [0, 0.1) is 40.4 Å². The Bertz CT molecular complexity index is 1220. The molecule has 4 aliphatic rings. The molecule has 0 aliphatic heterocycles. The predicted molar refractivity (Wildman–Crippen MR) is 199 cm³/mol. The molecule has 0 bridgehead atoms. The number of nitrogens with two attached hydrogens (primary N) is 1. The van der Waals surface area contributed by atoms with Gasteiger partial charge in [0.2, 0.25) is 5.91 Å². The van der Waals surface area contributed by atoms with E-state index in [1.807, 2.05) is 0 Å². The first-order valence-electron chi connectivity index (χ1n) is 19.9. The van der Waals surface area contributed by atoms with Crippen LogP contribution in [0.2, 0.25) is 0 Å². The molecule has 4 rings (SSSR count). The Morgan fingerprint density at radius 2 is 1.32 bits per heavy atom. The average Bonchev–Trinajstić information content (AvgIpc) is 3.48. The highest BCUT2D eigenvalue weighted by molar-refractivity contribution is 7.80. The molecule has 0 heterocycles. The maximum Gasteiger partial charge on any atom is 0.397 e. The van der Waals surface area contributed by atoms with Gasteiger partial charge in [-0.1, -0.05) is 32.4 Å². The molecule has 0 saturated heterocycles. The lowest BCUT2D eigenvalue weighted by Crippen LogP contribution is -2.51. The summed E-state index contributed by atoms with van der Waals surface area (Å²) in [6.07, 6.45) is 9.36. The van der Waals surface area contributed by atoms with Crippen LogP contribution in [0.25, 0.3) is 0 Å². The van der Waals surface area contributed by atoms with Gasteiger partial charge in [0, 0.05) is 19.0 Å². The van der Waals surface area contributed by atoms with Crippen molar-refractivity contribution in [3.63, 3.8) is 0 Å². The normalized spacial score (nSPS) is 30.3. The fraction of sp³-hybridized carbons (Fsp3) is 0.921. The van der Waals surface area contributed by atoms with E-state index in [1.165, 1.54) is 5.57 Å². The lowest BCUT2D eigenvalue weighted by atomic mass is 9.47. The Morgan fingerprint density at radius 3 is 1.85 bits per heavy atom. The molecule has 8 atom stereocenters. The van der Waals surface area contributed by atoms with Crippen molar-refractivity contribution in [2.45, 2.75) is 78.2 Å². The molecule has 0 aromatic rings. The van der Waals surface area contributed by atoms with Crippen LogP contribution in [0.4, 0.5) is 0 Å². The van der Waals surface area contributed by atoms with Crippen molar-refractivity contribution in [2.75, 3.05) is 106 Å². The molecule has 0 radical (unpaired) electrons. The van der Waals surface area contributed by atoms with Crippen molar-refractivity contribution in [3.8, 4) is 0 Å². The molecule has 14 nitrogen and oxygen atoms in total. The molecule has 0 aromatic heterocycles. The summed E-state index contributed by atoms with van der Waals surface area (Å²) in [5, 5.41) is 3.11. The van der Waals surface area contributed by atoms with Gasteiger partial charge >= 0.3 is 10.4 Å². The second-order valence-corrected chi connectivity index (χ2v) is 16.6. The number of carbonyl (C=O) groups excluding carboxylic acids is 1. The standard InChI is InChI=1S/C38H68N2O12S/c1-29(36(41)40-13-15-46-17-19-48-21-23-50-25-27-51-26-24-49-22-20-47-18-16-45-14-12-39)33-6-7-34-32-5-4-30-28-31(52-53(42,43)44)8-10-37(30,2)35(32)9-11-38(33,34)3/h4,29,31-35H,5-28,39H2,1-3H3,(H,40,41)(H,42,43,44)/t29?,31-,32-,33+,34-,35-,37-,38+/m0/s1.